The molecule has 0 saturated carbocycles. The molecule has 0 atom stereocenters. The van der Waals surface area contributed by atoms with Gasteiger partial charge in [0.25, 0.3) is 6.43 Å². The third kappa shape index (κ3) is 1.73. The van der Waals surface area contributed by atoms with Gasteiger partial charge < -0.3 is 14.5 Å². The van der Waals surface area contributed by atoms with Crippen molar-refractivity contribution in [2.75, 3.05) is 0 Å². The maximum Gasteiger partial charge on any atom is 0.256 e. The first kappa shape index (κ1) is 10.5. The van der Waals surface area contributed by atoms with Gasteiger partial charge in [0.15, 0.2) is 0 Å². The van der Waals surface area contributed by atoms with Crippen molar-refractivity contribution in [3.05, 3.63) is 30.1 Å². The molecule has 84 valence electrons. The van der Waals surface area contributed by atoms with Crippen LogP contribution in [0.3, 0.4) is 0 Å². The van der Waals surface area contributed by atoms with Crippen LogP contribution in [0.2, 0.25) is 0 Å². The van der Waals surface area contributed by atoms with E-state index in [1.165, 1.54) is 12.3 Å². The number of nitrogens with zero attached hydrogens (tertiary/aromatic N) is 2. The van der Waals surface area contributed by atoms with E-state index in [1.54, 1.807) is 6.07 Å². The molecule has 0 aliphatic heterocycles. The largest absolute Gasteiger partial charge is 0.545 e. The minimum absolute atomic E-state index is 0.122. The lowest BCUT2D eigenvalue weighted by atomic mass is 10.2. The molecule has 0 aliphatic carbocycles. The van der Waals surface area contributed by atoms with Crippen LogP contribution in [0.15, 0.2) is 24.5 Å². The molecule has 0 spiro atoms. The topological polar surface area (TPSA) is 57.9 Å². The van der Waals surface area contributed by atoms with Gasteiger partial charge in [0.05, 0.1) is 12.5 Å². The fourth-order valence-electron chi connectivity index (χ4n) is 1.57. The maximum absolute atomic E-state index is 12.2. The zero-order valence-electron chi connectivity index (χ0n) is 8.06. The summed E-state index contributed by atoms with van der Waals surface area (Å²) in [6, 6.07) is 3.05. The van der Waals surface area contributed by atoms with E-state index in [4.69, 9.17) is 0 Å². The molecule has 0 aliphatic rings. The highest BCUT2D eigenvalue weighted by molar-refractivity contribution is 6.01. The Kier molecular flexibility index (Phi) is 2.55. The standard InChI is InChI=1S/C10H8F2N2O2/c11-8(12)5-14-4-7(10(15)16)6-2-1-3-13-9(6)14/h1-4,8H,5H2,(H,15,16)/p-1. The summed E-state index contributed by atoms with van der Waals surface area (Å²) in [5.41, 5.74) is 0.103. The Balaban J connectivity index is 2.62. The first-order valence-electron chi connectivity index (χ1n) is 4.53. The average Bonchev–Trinajstić information content (AvgIpc) is 2.57. The second-order valence-corrected chi connectivity index (χ2v) is 3.25. The third-order valence-corrected chi connectivity index (χ3v) is 2.19. The Bertz CT molecular complexity index is 537. The maximum atomic E-state index is 12.2. The minimum atomic E-state index is -2.56. The zero-order valence-corrected chi connectivity index (χ0v) is 8.06. The van der Waals surface area contributed by atoms with Crippen molar-refractivity contribution in [2.24, 2.45) is 0 Å². The number of carbonyl (C=O) groups is 1. The van der Waals surface area contributed by atoms with E-state index < -0.39 is 18.9 Å². The summed E-state index contributed by atoms with van der Waals surface area (Å²) in [6.07, 6.45) is -0.0186. The van der Waals surface area contributed by atoms with Crippen LogP contribution in [0.4, 0.5) is 8.78 Å². The van der Waals surface area contributed by atoms with E-state index in [0.29, 0.717) is 5.39 Å². The van der Waals surface area contributed by atoms with E-state index in [-0.39, 0.29) is 11.2 Å². The normalized spacial score (nSPS) is 11.2. The van der Waals surface area contributed by atoms with Gasteiger partial charge in [-0.3, -0.25) is 0 Å². The SMILES string of the molecule is O=C([O-])c1cn(CC(F)F)c2ncccc12. The molecule has 16 heavy (non-hydrogen) atoms. The van der Waals surface area contributed by atoms with Gasteiger partial charge in [0.2, 0.25) is 0 Å². The number of carboxylic acid groups (broad SMARTS) is 1. The molecule has 6 heteroatoms. The molecule has 0 bridgehead atoms. The van der Waals surface area contributed by atoms with Gasteiger partial charge in [-0.25, -0.2) is 13.8 Å². The molecule has 0 fully saturated rings. The fraction of sp³-hybridized carbons (Fsp3) is 0.200. The Morgan fingerprint density at radius 2 is 2.31 bits per heavy atom. The molecular formula is C10H7F2N2O2-. The predicted molar refractivity (Wildman–Crippen MR) is 50.1 cm³/mol. The molecule has 2 rings (SSSR count). The van der Waals surface area contributed by atoms with Gasteiger partial charge >= 0.3 is 0 Å². The summed E-state index contributed by atoms with van der Waals surface area (Å²) in [6.45, 7) is -0.583. The highest BCUT2D eigenvalue weighted by Gasteiger charge is 2.12. The molecule has 0 radical (unpaired) electrons. The van der Waals surface area contributed by atoms with Gasteiger partial charge in [0.1, 0.15) is 5.65 Å². The highest BCUT2D eigenvalue weighted by Crippen LogP contribution is 2.19. The van der Waals surface area contributed by atoms with Crippen LogP contribution < -0.4 is 5.11 Å². The minimum Gasteiger partial charge on any atom is -0.545 e. The number of pyridine rings is 1. The predicted octanol–water partition coefficient (Wildman–Crippen LogP) is 0.665. The van der Waals surface area contributed by atoms with Crippen molar-refractivity contribution < 1.29 is 18.7 Å². The second kappa shape index (κ2) is 3.88. The third-order valence-electron chi connectivity index (χ3n) is 2.19. The van der Waals surface area contributed by atoms with Crippen LogP contribution in [0.5, 0.6) is 0 Å². The van der Waals surface area contributed by atoms with E-state index in [9.17, 15) is 18.7 Å². The molecule has 0 amide bonds. The number of rotatable bonds is 3. The molecule has 2 aromatic rings. The summed E-state index contributed by atoms with van der Waals surface area (Å²) in [4.78, 5) is 14.7. The number of aromatic carboxylic acids is 1. The number of aromatic nitrogens is 2. The van der Waals surface area contributed by atoms with Crippen molar-refractivity contribution in [1.29, 1.82) is 0 Å². The van der Waals surface area contributed by atoms with Crippen LogP contribution in [0.1, 0.15) is 10.4 Å². The molecule has 2 aromatic heterocycles. The van der Waals surface area contributed by atoms with Gasteiger partial charge in [-0.15, -0.1) is 0 Å². The summed E-state index contributed by atoms with van der Waals surface area (Å²) in [5, 5.41) is 11.1. The monoisotopic (exact) mass is 225 g/mol. The van der Waals surface area contributed by atoms with Crippen LogP contribution in [0, 0.1) is 0 Å². The summed E-state index contributed by atoms with van der Waals surface area (Å²) in [7, 11) is 0. The van der Waals surface area contributed by atoms with Crippen molar-refractivity contribution in [3.63, 3.8) is 0 Å². The molecule has 0 saturated heterocycles. The van der Waals surface area contributed by atoms with Crippen molar-refractivity contribution >= 4 is 17.0 Å². The smallest absolute Gasteiger partial charge is 0.256 e. The number of hydrogen-bond acceptors (Lipinski definition) is 3. The van der Waals surface area contributed by atoms with E-state index in [0.717, 1.165) is 10.8 Å². The quantitative estimate of drug-likeness (QED) is 0.771. The summed E-state index contributed by atoms with van der Waals surface area (Å²) in [5.74, 6) is -1.40. The first-order chi connectivity index (χ1) is 7.59. The number of hydrogen-bond donors (Lipinski definition) is 0. The number of carboxylic acids is 1. The summed E-state index contributed by atoms with van der Waals surface area (Å²) < 4.78 is 25.6. The molecule has 0 N–H and O–H groups in total. The number of halogens is 2. The Labute approximate surface area is 89.1 Å². The van der Waals surface area contributed by atoms with Gasteiger partial charge in [0, 0.05) is 23.3 Å². The molecule has 0 aromatic carbocycles. The van der Waals surface area contributed by atoms with E-state index in [1.807, 2.05) is 0 Å². The van der Waals surface area contributed by atoms with E-state index in [2.05, 4.69) is 4.98 Å². The van der Waals surface area contributed by atoms with Crippen LogP contribution in [-0.4, -0.2) is 21.9 Å². The highest BCUT2D eigenvalue weighted by atomic mass is 19.3. The number of fused-ring (bicyclic) bond motifs is 1. The fourth-order valence-corrected chi connectivity index (χ4v) is 1.57. The lowest BCUT2D eigenvalue weighted by Crippen LogP contribution is -2.21. The van der Waals surface area contributed by atoms with Crippen LogP contribution >= 0.6 is 0 Å². The van der Waals surface area contributed by atoms with Gasteiger partial charge in [-0.2, -0.15) is 0 Å². The Hall–Kier alpha value is -1.98. The average molecular weight is 225 g/mol. The van der Waals surface area contributed by atoms with Crippen molar-refractivity contribution in [2.45, 2.75) is 13.0 Å². The van der Waals surface area contributed by atoms with Crippen LogP contribution in [0.25, 0.3) is 11.0 Å². The second-order valence-electron chi connectivity index (χ2n) is 3.25. The van der Waals surface area contributed by atoms with Crippen molar-refractivity contribution in [3.8, 4) is 0 Å². The van der Waals surface area contributed by atoms with Gasteiger partial charge in [-0.1, -0.05) is 0 Å². The number of carbonyl (C=O) groups excluding carboxylic acids is 1. The van der Waals surface area contributed by atoms with Crippen molar-refractivity contribution in [1.82, 2.24) is 9.55 Å². The Morgan fingerprint density at radius 3 is 2.94 bits per heavy atom. The first-order valence-corrected chi connectivity index (χ1v) is 4.53. The van der Waals surface area contributed by atoms with Crippen LogP contribution in [-0.2, 0) is 6.54 Å². The molecular weight excluding hydrogens is 218 g/mol. The number of alkyl halides is 2. The van der Waals surface area contributed by atoms with E-state index >= 15 is 0 Å². The zero-order chi connectivity index (χ0) is 11.7. The van der Waals surface area contributed by atoms with Gasteiger partial charge in [-0.05, 0) is 12.1 Å². The lowest BCUT2D eigenvalue weighted by molar-refractivity contribution is -0.254. The molecule has 2 heterocycles. The summed E-state index contributed by atoms with van der Waals surface area (Å²) >= 11 is 0. The Morgan fingerprint density at radius 1 is 1.56 bits per heavy atom. The lowest BCUT2D eigenvalue weighted by Gasteiger charge is -2.02. The molecule has 0 unspecified atom stereocenters. The molecule has 4 nitrogen and oxygen atoms in total.